The van der Waals surface area contributed by atoms with Gasteiger partial charge in [-0.15, -0.1) is 0 Å². The summed E-state index contributed by atoms with van der Waals surface area (Å²) >= 11 is 0. The van der Waals surface area contributed by atoms with E-state index in [-0.39, 0.29) is 23.2 Å². The van der Waals surface area contributed by atoms with Gasteiger partial charge in [0.15, 0.2) is 0 Å². The fourth-order valence-corrected chi connectivity index (χ4v) is 3.19. The van der Waals surface area contributed by atoms with E-state index in [0.717, 1.165) is 24.7 Å². The third-order valence-corrected chi connectivity index (χ3v) is 4.34. The maximum atomic E-state index is 12.2. The molecule has 2 aliphatic rings. The zero-order chi connectivity index (χ0) is 13.7. The summed E-state index contributed by atoms with van der Waals surface area (Å²) in [6.45, 7) is 0. The standard InChI is InChI=1S/C14H14N4O2/c19-13-10-4-11(15-5-12(10)16-6-17-13)14(20)18-9-2-7-1-8(7)3-9/h4-9H,1-3H2,(H,18,20)(H,16,17,19). The molecule has 0 aromatic carbocycles. The number of nitrogens with one attached hydrogen (secondary N) is 2. The molecule has 0 radical (unpaired) electrons. The van der Waals surface area contributed by atoms with Crippen molar-refractivity contribution in [2.45, 2.75) is 25.3 Å². The zero-order valence-electron chi connectivity index (χ0n) is 10.8. The Labute approximate surface area is 114 Å². The summed E-state index contributed by atoms with van der Waals surface area (Å²) in [6.07, 6.45) is 6.27. The molecule has 4 rings (SSSR count). The quantitative estimate of drug-likeness (QED) is 0.846. The van der Waals surface area contributed by atoms with Gasteiger partial charge >= 0.3 is 0 Å². The van der Waals surface area contributed by atoms with Crippen molar-refractivity contribution >= 4 is 16.8 Å². The molecule has 2 saturated carbocycles. The van der Waals surface area contributed by atoms with Crippen LogP contribution in [0.25, 0.3) is 10.9 Å². The van der Waals surface area contributed by atoms with Crippen molar-refractivity contribution < 1.29 is 4.79 Å². The lowest BCUT2D eigenvalue weighted by Gasteiger charge is -2.13. The van der Waals surface area contributed by atoms with E-state index in [0.29, 0.717) is 10.9 Å². The summed E-state index contributed by atoms with van der Waals surface area (Å²) in [6, 6.07) is 1.77. The molecule has 20 heavy (non-hydrogen) atoms. The lowest BCUT2D eigenvalue weighted by molar-refractivity contribution is 0.0930. The number of hydrogen-bond acceptors (Lipinski definition) is 4. The van der Waals surface area contributed by atoms with Gasteiger partial charge in [0, 0.05) is 6.04 Å². The molecule has 2 aromatic heterocycles. The van der Waals surface area contributed by atoms with Crippen LogP contribution in [0, 0.1) is 11.8 Å². The molecule has 6 nitrogen and oxygen atoms in total. The molecule has 1 amide bonds. The van der Waals surface area contributed by atoms with E-state index >= 15 is 0 Å². The second-order valence-electron chi connectivity index (χ2n) is 5.72. The SMILES string of the molecule is O=C(NC1CC2CC2C1)c1cc2c(=O)[nH]cnc2cn1. The van der Waals surface area contributed by atoms with E-state index in [2.05, 4.69) is 20.3 Å². The minimum Gasteiger partial charge on any atom is -0.348 e. The average Bonchev–Trinajstić information content (AvgIpc) is 3.06. The summed E-state index contributed by atoms with van der Waals surface area (Å²) in [5.74, 6) is 1.43. The van der Waals surface area contributed by atoms with Gasteiger partial charge in [0.2, 0.25) is 0 Å². The molecule has 0 spiro atoms. The number of hydrogen-bond donors (Lipinski definition) is 2. The Morgan fingerprint density at radius 2 is 2.05 bits per heavy atom. The fourth-order valence-electron chi connectivity index (χ4n) is 3.19. The van der Waals surface area contributed by atoms with E-state index in [1.165, 1.54) is 25.0 Å². The van der Waals surface area contributed by atoms with Crippen molar-refractivity contribution in [3.63, 3.8) is 0 Å². The first-order chi connectivity index (χ1) is 9.70. The second-order valence-corrected chi connectivity index (χ2v) is 5.72. The smallest absolute Gasteiger partial charge is 0.270 e. The monoisotopic (exact) mass is 270 g/mol. The van der Waals surface area contributed by atoms with Gasteiger partial charge in [0.05, 0.1) is 23.4 Å². The van der Waals surface area contributed by atoms with Crippen LogP contribution in [-0.2, 0) is 0 Å². The lowest BCUT2D eigenvalue weighted by Crippen LogP contribution is -2.34. The predicted octanol–water partition coefficient (Wildman–Crippen LogP) is 0.846. The first-order valence-corrected chi connectivity index (χ1v) is 6.85. The molecule has 102 valence electrons. The molecule has 2 N–H and O–H groups in total. The normalized spacial score (nSPS) is 27.3. The van der Waals surface area contributed by atoms with Crippen LogP contribution in [0.1, 0.15) is 29.8 Å². The number of nitrogens with zero attached hydrogens (tertiary/aromatic N) is 2. The van der Waals surface area contributed by atoms with Crippen molar-refractivity contribution in [1.82, 2.24) is 20.3 Å². The molecule has 2 atom stereocenters. The Balaban J connectivity index is 1.59. The van der Waals surface area contributed by atoms with E-state index in [9.17, 15) is 9.59 Å². The summed E-state index contributed by atoms with van der Waals surface area (Å²) in [5, 5.41) is 3.40. The zero-order valence-corrected chi connectivity index (χ0v) is 10.8. The van der Waals surface area contributed by atoms with Crippen LogP contribution in [0.5, 0.6) is 0 Å². The van der Waals surface area contributed by atoms with Crippen LogP contribution in [0.3, 0.4) is 0 Å². The van der Waals surface area contributed by atoms with Gasteiger partial charge in [-0.05, 0) is 37.2 Å². The van der Waals surface area contributed by atoms with E-state index in [1.807, 2.05) is 0 Å². The van der Waals surface area contributed by atoms with Gasteiger partial charge in [-0.1, -0.05) is 0 Å². The molecule has 6 heteroatoms. The van der Waals surface area contributed by atoms with Crippen molar-refractivity contribution in [2.75, 3.05) is 0 Å². The summed E-state index contributed by atoms with van der Waals surface area (Å²) in [4.78, 5) is 34.5. The number of fused-ring (bicyclic) bond motifs is 2. The van der Waals surface area contributed by atoms with Crippen LogP contribution >= 0.6 is 0 Å². The van der Waals surface area contributed by atoms with Crippen molar-refractivity contribution in [3.05, 3.63) is 34.6 Å². The molecule has 2 heterocycles. The molecule has 2 unspecified atom stereocenters. The highest BCUT2D eigenvalue weighted by Crippen LogP contribution is 2.51. The molecular formula is C14H14N4O2. The molecule has 2 fully saturated rings. The first kappa shape index (κ1) is 11.6. The molecule has 2 aromatic rings. The second kappa shape index (κ2) is 4.13. The Hall–Kier alpha value is -2.24. The summed E-state index contributed by atoms with van der Waals surface area (Å²) < 4.78 is 0. The van der Waals surface area contributed by atoms with Crippen LogP contribution in [0.4, 0.5) is 0 Å². The largest absolute Gasteiger partial charge is 0.348 e. The van der Waals surface area contributed by atoms with E-state index < -0.39 is 0 Å². The number of H-pyrrole nitrogens is 1. The van der Waals surface area contributed by atoms with Gasteiger partial charge < -0.3 is 10.3 Å². The van der Waals surface area contributed by atoms with Gasteiger partial charge in [0.25, 0.3) is 11.5 Å². The number of carbonyl (C=O) groups excluding carboxylic acids is 1. The van der Waals surface area contributed by atoms with Gasteiger partial charge in [-0.3, -0.25) is 9.59 Å². The molecule has 0 aliphatic heterocycles. The fraction of sp³-hybridized carbons (Fsp3) is 0.429. The minimum atomic E-state index is -0.256. The average molecular weight is 270 g/mol. The summed E-state index contributed by atoms with van der Waals surface area (Å²) in [5.41, 5.74) is 0.512. The van der Waals surface area contributed by atoms with Crippen LogP contribution in [0.2, 0.25) is 0 Å². The molecule has 0 saturated heterocycles. The highest BCUT2D eigenvalue weighted by atomic mass is 16.2. The maximum Gasteiger partial charge on any atom is 0.270 e. The number of amides is 1. The lowest BCUT2D eigenvalue weighted by atomic mass is 10.1. The van der Waals surface area contributed by atoms with Crippen molar-refractivity contribution in [1.29, 1.82) is 0 Å². The van der Waals surface area contributed by atoms with Crippen molar-refractivity contribution in [2.24, 2.45) is 11.8 Å². The molecule has 0 bridgehead atoms. The van der Waals surface area contributed by atoms with Gasteiger partial charge in [-0.2, -0.15) is 0 Å². The van der Waals surface area contributed by atoms with Gasteiger partial charge in [-0.25, -0.2) is 9.97 Å². The summed E-state index contributed by atoms with van der Waals surface area (Å²) in [7, 11) is 0. The Morgan fingerprint density at radius 1 is 1.25 bits per heavy atom. The highest BCUT2D eigenvalue weighted by Gasteiger charge is 2.46. The minimum absolute atomic E-state index is 0.207. The highest BCUT2D eigenvalue weighted by molar-refractivity contribution is 5.95. The molecule has 2 aliphatic carbocycles. The maximum absolute atomic E-state index is 12.2. The Morgan fingerprint density at radius 3 is 2.85 bits per heavy atom. The Bertz CT molecular complexity index is 744. The first-order valence-electron chi connectivity index (χ1n) is 6.85. The third kappa shape index (κ3) is 1.88. The number of rotatable bonds is 2. The third-order valence-electron chi connectivity index (χ3n) is 4.34. The van der Waals surface area contributed by atoms with E-state index in [4.69, 9.17) is 0 Å². The molecular weight excluding hydrogens is 256 g/mol. The predicted molar refractivity (Wildman–Crippen MR) is 72.2 cm³/mol. The number of aromatic nitrogens is 3. The topological polar surface area (TPSA) is 87.7 Å². The van der Waals surface area contributed by atoms with Crippen LogP contribution in [0.15, 0.2) is 23.4 Å². The van der Waals surface area contributed by atoms with Crippen LogP contribution in [-0.4, -0.2) is 26.9 Å². The van der Waals surface area contributed by atoms with Crippen molar-refractivity contribution in [3.8, 4) is 0 Å². The Kier molecular flexibility index (Phi) is 2.39. The van der Waals surface area contributed by atoms with Gasteiger partial charge in [0.1, 0.15) is 5.69 Å². The number of carbonyl (C=O) groups is 1. The number of pyridine rings is 1. The van der Waals surface area contributed by atoms with E-state index in [1.54, 1.807) is 0 Å². The number of aromatic amines is 1. The van der Waals surface area contributed by atoms with Crippen LogP contribution < -0.4 is 10.9 Å².